The van der Waals surface area contributed by atoms with Gasteiger partial charge >= 0.3 is 5.97 Å². The van der Waals surface area contributed by atoms with Crippen molar-refractivity contribution in [1.29, 1.82) is 0 Å². The van der Waals surface area contributed by atoms with Gasteiger partial charge in [0.05, 0.1) is 16.1 Å². The molecule has 1 aliphatic rings. The number of aromatic nitrogens is 1. The number of hydrogen-bond donors (Lipinski definition) is 1. The zero-order valence-corrected chi connectivity index (χ0v) is 12.6. The second kappa shape index (κ2) is 5.62. The fourth-order valence-corrected chi connectivity index (χ4v) is 3.19. The van der Waals surface area contributed by atoms with E-state index in [0.717, 1.165) is 31.6 Å². The first kappa shape index (κ1) is 14.3. The lowest BCUT2D eigenvalue weighted by molar-refractivity contribution is 0.0699. The van der Waals surface area contributed by atoms with E-state index in [2.05, 4.69) is 16.9 Å². The van der Waals surface area contributed by atoms with E-state index in [1.165, 1.54) is 0 Å². The van der Waals surface area contributed by atoms with Gasteiger partial charge in [-0.05, 0) is 51.2 Å². The van der Waals surface area contributed by atoms with Gasteiger partial charge < -0.3 is 10.0 Å². The fraction of sp³-hybridized carbons (Fsp3) is 0.375. The van der Waals surface area contributed by atoms with E-state index in [1.54, 1.807) is 12.1 Å². The third-order valence-electron chi connectivity index (χ3n) is 4.19. The summed E-state index contributed by atoms with van der Waals surface area (Å²) in [6.07, 6.45) is 2.18. The first-order chi connectivity index (χ1) is 10.1. The Bertz CT molecular complexity index is 694. The van der Waals surface area contributed by atoms with Gasteiger partial charge in [0.25, 0.3) is 0 Å². The van der Waals surface area contributed by atoms with Crippen LogP contribution in [0.2, 0.25) is 5.02 Å². The Hall–Kier alpha value is -1.65. The maximum absolute atomic E-state index is 11.3. The molecule has 1 aliphatic heterocycles. The van der Waals surface area contributed by atoms with Crippen LogP contribution < -0.4 is 0 Å². The minimum absolute atomic E-state index is 0.136. The molecule has 1 aromatic carbocycles. The third kappa shape index (κ3) is 2.74. The molecule has 1 aromatic heterocycles. The standard InChI is InChI=1S/C16H17ClN2O2/c1-19-8-6-10(7-9-19)13-4-2-11-14(18-13)5-3-12(17)15(11)16(20)21/h2-5,10H,6-9H2,1H3,(H,20,21). The van der Waals surface area contributed by atoms with Crippen LogP contribution in [0, 0.1) is 0 Å². The van der Waals surface area contributed by atoms with E-state index < -0.39 is 5.97 Å². The Morgan fingerprint density at radius 1 is 1.29 bits per heavy atom. The van der Waals surface area contributed by atoms with Crippen molar-refractivity contribution >= 4 is 28.5 Å². The number of piperidine rings is 1. The first-order valence-corrected chi connectivity index (χ1v) is 7.45. The van der Waals surface area contributed by atoms with Gasteiger partial charge in [-0.3, -0.25) is 4.98 Å². The number of carbonyl (C=O) groups is 1. The van der Waals surface area contributed by atoms with Gasteiger partial charge in [-0.25, -0.2) is 4.79 Å². The van der Waals surface area contributed by atoms with Crippen molar-refractivity contribution in [3.8, 4) is 0 Å². The molecule has 110 valence electrons. The van der Waals surface area contributed by atoms with Crippen LogP contribution in [-0.4, -0.2) is 41.1 Å². The summed E-state index contributed by atoms with van der Waals surface area (Å²) >= 11 is 5.99. The van der Waals surface area contributed by atoms with E-state index >= 15 is 0 Å². The third-order valence-corrected chi connectivity index (χ3v) is 4.51. The van der Waals surface area contributed by atoms with Crippen LogP contribution in [0.3, 0.4) is 0 Å². The number of carboxylic acid groups (broad SMARTS) is 1. The highest BCUT2D eigenvalue weighted by Gasteiger charge is 2.21. The molecule has 0 saturated carbocycles. The Labute approximate surface area is 128 Å². The van der Waals surface area contributed by atoms with Gasteiger partial charge in [0, 0.05) is 17.0 Å². The number of benzene rings is 1. The molecule has 0 aliphatic carbocycles. The summed E-state index contributed by atoms with van der Waals surface area (Å²) in [4.78, 5) is 18.3. The molecule has 5 heteroatoms. The van der Waals surface area contributed by atoms with Crippen LogP contribution in [0.25, 0.3) is 10.9 Å². The Morgan fingerprint density at radius 2 is 2.00 bits per heavy atom. The molecule has 1 saturated heterocycles. The van der Waals surface area contributed by atoms with Crippen molar-refractivity contribution < 1.29 is 9.90 Å². The van der Waals surface area contributed by atoms with E-state index in [1.807, 2.05) is 12.1 Å². The molecule has 0 radical (unpaired) electrons. The first-order valence-electron chi connectivity index (χ1n) is 7.07. The van der Waals surface area contributed by atoms with Crippen LogP contribution in [0.15, 0.2) is 24.3 Å². The molecule has 21 heavy (non-hydrogen) atoms. The van der Waals surface area contributed by atoms with Crippen molar-refractivity contribution in [2.75, 3.05) is 20.1 Å². The highest BCUT2D eigenvalue weighted by molar-refractivity contribution is 6.35. The largest absolute Gasteiger partial charge is 0.478 e. The smallest absolute Gasteiger partial charge is 0.337 e. The lowest BCUT2D eigenvalue weighted by Gasteiger charge is -2.28. The highest BCUT2D eigenvalue weighted by atomic mass is 35.5. The Kier molecular flexibility index (Phi) is 3.83. The average Bonchev–Trinajstić information content (AvgIpc) is 2.47. The molecular weight excluding hydrogens is 288 g/mol. The van der Waals surface area contributed by atoms with Gasteiger partial charge in [-0.15, -0.1) is 0 Å². The molecule has 0 atom stereocenters. The second-order valence-corrected chi connectivity index (χ2v) is 6.02. The lowest BCUT2D eigenvalue weighted by Crippen LogP contribution is -2.29. The number of fused-ring (bicyclic) bond motifs is 1. The van der Waals surface area contributed by atoms with Crippen LogP contribution in [0.4, 0.5) is 0 Å². The Morgan fingerprint density at radius 3 is 2.67 bits per heavy atom. The molecule has 1 fully saturated rings. The highest BCUT2D eigenvalue weighted by Crippen LogP contribution is 2.30. The normalized spacial score (nSPS) is 17.2. The summed E-state index contributed by atoms with van der Waals surface area (Å²) in [6, 6.07) is 7.19. The SMILES string of the molecule is CN1CCC(c2ccc3c(C(=O)O)c(Cl)ccc3n2)CC1. The van der Waals surface area contributed by atoms with E-state index in [0.29, 0.717) is 16.8 Å². The Balaban J connectivity index is 2.01. The minimum Gasteiger partial charge on any atom is -0.478 e. The summed E-state index contributed by atoms with van der Waals surface area (Å²) in [5.74, 6) is -0.561. The molecule has 2 aromatic rings. The summed E-state index contributed by atoms with van der Waals surface area (Å²) in [7, 11) is 2.13. The molecular formula is C16H17ClN2O2. The molecule has 2 heterocycles. The zero-order chi connectivity index (χ0) is 15.0. The van der Waals surface area contributed by atoms with Crippen molar-refractivity contribution in [2.24, 2.45) is 0 Å². The zero-order valence-electron chi connectivity index (χ0n) is 11.8. The molecule has 1 N–H and O–H groups in total. The van der Waals surface area contributed by atoms with E-state index in [4.69, 9.17) is 11.6 Å². The summed E-state index contributed by atoms with van der Waals surface area (Å²) < 4.78 is 0. The molecule has 0 spiro atoms. The van der Waals surface area contributed by atoms with Crippen molar-refractivity contribution in [2.45, 2.75) is 18.8 Å². The topological polar surface area (TPSA) is 53.4 Å². The monoisotopic (exact) mass is 304 g/mol. The predicted octanol–water partition coefficient (Wildman–Crippen LogP) is 3.40. The van der Waals surface area contributed by atoms with Crippen LogP contribution >= 0.6 is 11.6 Å². The van der Waals surface area contributed by atoms with E-state index in [-0.39, 0.29) is 10.6 Å². The van der Waals surface area contributed by atoms with Crippen molar-refractivity contribution in [3.05, 3.63) is 40.5 Å². The summed E-state index contributed by atoms with van der Waals surface area (Å²) in [5, 5.41) is 10.2. The number of rotatable bonds is 2. The number of nitrogens with zero attached hydrogens (tertiary/aromatic N) is 2. The number of halogens is 1. The predicted molar refractivity (Wildman–Crippen MR) is 83.2 cm³/mol. The fourth-order valence-electron chi connectivity index (χ4n) is 2.94. The van der Waals surface area contributed by atoms with Gasteiger partial charge in [-0.2, -0.15) is 0 Å². The van der Waals surface area contributed by atoms with Gasteiger partial charge in [0.1, 0.15) is 0 Å². The molecule has 4 nitrogen and oxygen atoms in total. The molecule has 0 amide bonds. The average molecular weight is 305 g/mol. The van der Waals surface area contributed by atoms with Crippen LogP contribution in [0.5, 0.6) is 0 Å². The second-order valence-electron chi connectivity index (χ2n) is 5.61. The van der Waals surface area contributed by atoms with Gasteiger partial charge in [-0.1, -0.05) is 17.7 Å². The van der Waals surface area contributed by atoms with Gasteiger partial charge in [0.2, 0.25) is 0 Å². The van der Waals surface area contributed by atoms with Crippen LogP contribution in [0.1, 0.15) is 34.8 Å². The molecule has 3 rings (SSSR count). The number of aromatic carboxylic acids is 1. The summed E-state index contributed by atoms with van der Waals surface area (Å²) in [6.45, 7) is 2.15. The quantitative estimate of drug-likeness (QED) is 0.924. The lowest BCUT2D eigenvalue weighted by atomic mass is 9.92. The van der Waals surface area contributed by atoms with Crippen molar-refractivity contribution in [1.82, 2.24) is 9.88 Å². The molecule has 0 bridgehead atoms. The maximum Gasteiger partial charge on any atom is 0.337 e. The number of pyridine rings is 1. The van der Waals surface area contributed by atoms with Gasteiger partial charge in [0.15, 0.2) is 0 Å². The number of carboxylic acids is 1. The summed E-state index contributed by atoms with van der Waals surface area (Å²) in [5.41, 5.74) is 1.89. The molecule has 0 unspecified atom stereocenters. The minimum atomic E-state index is -1.01. The number of hydrogen-bond acceptors (Lipinski definition) is 3. The van der Waals surface area contributed by atoms with Crippen LogP contribution in [-0.2, 0) is 0 Å². The van der Waals surface area contributed by atoms with Crippen molar-refractivity contribution in [3.63, 3.8) is 0 Å². The van der Waals surface area contributed by atoms with E-state index in [9.17, 15) is 9.90 Å². The number of likely N-dealkylation sites (tertiary alicyclic amines) is 1. The maximum atomic E-state index is 11.3.